The Balaban J connectivity index is 1.59. The molecule has 0 spiro atoms. The number of hydrogen-bond acceptors (Lipinski definition) is 5. The number of carbonyl (C=O) groups is 1. The van der Waals surface area contributed by atoms with E-state index in [1.54, 1.807) is 7.11 Å². The summed E-state index contributed by atoms with van der Waals surface area (Å²) in [6, 6.07) is 0. The molecule has 0 radical (unpaired) electrons. The number of ether oxygens (including phenoxy) is 1. The van der Waals surface area contributed by atoms with Crippen molar-refractivity contribution in [3.63, 3.8) is 0 Å². The number of nitrogens with zero attached hydrogens (tertiary/aromatic N) is 3. The van der Waals surface area contributed by atoms with Crippen molar-refractivity contribution in [3.8, 4) is 0 Å². The fourth-order valence-corrected chi connectivity index (χ4v) is 3.37. The lowest BCUT2D eigenvalue weighted by atomic mass is 10.1. The van der Waals surface area contributed by atoms with E-state index in [1.165, 1.54) is 0 Å². The first kappa shape index (κ1) is 16.5. The second kappa shape index (κ2) is 7.01. The third-order valence-electron chi connectivity index (χ3n) is 4.78. The van der Waals surface area contributed by atoms with Gasteiger partial charge in [0.25, 0.3) is 0 Å². The quantitative estimate of drug-likeness (QED) is 0.825. The summed E-state index contributed by atoms with van der Waals surface area (Å²) in [6.07, 6.45) is 1.73. The Morgan fingerprint density at radius 2 is 2.26 bits per heavy atom. The van der Waals surface area contributed by atoms with Crippen molar-refractivity contribution < 1.29 is 13.9 Å². The van der Waals surface area contributed by atoms with Gasteiger partial charge in [0, 0.05) is 39.1 Å². The van der Waals surface area contributed by atoms with Crippen LogP contribution in [0.25, 0.3) is 0 Å². The highest BCUT2D eigenvalue weighted by molar-refractivity contribution is 5.79. The smallest absolute Gasteiger partial charge is 0.227 e. The van der Waals surface area contributed by atoms with Crippen molar-refractivity contribution in [3.05, 3.63) is 17.3 Å². The van der Waals surface area contributed by atoms with Crippen LogP contribution in [0, 0.1) is 5.92 Å². The molecule has 128 valence electrons. The number of rotatable bonds is 5. The summed E-state index contributed by atoms with van der Waals surface area (Å²) in [6.45, 7) is 8.96. The number of fused-ring (bicyclic) bond motifs is 1. The normalized spacial score (nSPS) is 21.9. The molecule has 1 fully saturated rings. The number of amides is 1. The van der Waals surface area contributed by atoms with Gasteiger partial charge in [0.2, 0.25) is 5.91 Å². The number of carbonyl (C=O) groups excluding carboxylic acids is 1. The molecule has 1 aromatic heterocycles. The standard InChI is InChI=1S/C17H27N3O3/c1-12(2)16-18-14-11-20(7-5-15(14)23-16)17(21)13-4-6-19(10-13)8-9-22-3/h12-13H,4-11H2,1-3H3. The zero-order chi connectivity index (χ0) is 16.4. The summed E-state index contributed by atoms with van der Waals surface area (Å²) >= 11 is 0. The topological polar surface area (TPSA) is 58.8 Å². The van der Waals surface area contributed by atoms with Crippen molar-refractivity contribution in [1.82, 2.24) is 14.8 Å². The van der Waals surface area contributed by atoms with E-state index in [0.29, 0.717) is 6.54 Å². The molecule has 0 aliphatic carbocycles. The molecule has 2 aliphatic heterocycles. The van der Waals surface area contributed by atoms with Crippen LogP contribution in [-0.2, 0) is 22.5 Å². The van der Waals surface area contributed by atoms with Gasteiger partial charge in [-0.3, -0.25) is 4.79 Å². The number of oxazole rings is 1. The molecule has 1 unspecified atom stereocenters. The molecular formula is C17H27N3O3. The average Bonchev–Trinajstić information content (AvgIpc) is 3.18. The Bertz CT molecular complexity index is 555. The first-order valence-corrected chi connectivity index (χ1v) is 8.57. The molecule has 0 saturated carbocycles. The second-order valence-corrected chi connectivity index (χ2v) is 6.87. The minimum absolute atomic E-state index is 0.116. The maximum atomic E-state index is 12.8. The zero-order valence-corrected chi connectivity index (χ0v) is 14.4. The first-order chi connectivity index (χ1) is 11.1. The largest absolute Gasteiger partial charge is 0.445 e. The Kier molecular flexibility index (Phi) is 5.02. The second-order valence-electron chi connectivity index (χ2n) is 6.87. The lowest BCUT2D eigenvalue weighted by Gasteiger charge is -2.28. The molecular weight excluding hydrogens is 294 g/mol. The molecule has 23 heavy (non-hydrogen) atoms. The number of methoxy groups -OCH3 is 1. The Hall–Kier alpha value is -1.40. The van der Waals surface area contributed by atoms with Crippen molar-refractivity contribution in [2.24, 2.45) is 5.92 Å². The van der Waals surface area contributed by atoms with Gasteiger partial charge >= 0.3 is 0 Å². The summed E-state index contributed by atoms with van der Waals surface area (Å²) in [7, 11) is 1.72. The van der Waals surface area contributed by atoms with Gasteiger partial charge in [-0.2, -0.15) is 0 Å². The highest BCUT2D eigenvalue weighted by Crippen LogP contribution is 2.26. The van der Waals surface area contributed by atoms with Crippen LogP contribution in [0.1, 0.15) is 43.5 Å². The Labute approximate surface area is 137 Å². The van der Waals surface area contributed by atoms with Gasteiger partial charge < -0.3 is 19.0 Å². The molecule has 6 heteroatoms. The molecule has 1 saturated heterocycles. The van der Waals surface area contributed by atoms with E-state index < -0.39 is 0 Å². The van der Waals surface area contributed by atoms with Crippen LogP contribution in [0.4, 0.5) is 0 Å². The average molecular weight is 321 g/mol. The van der Waals surface area contributed by atoms with Crippen molar-refractivity contribution in [1.29, 1.82) is 0 Å². The van der Waals surface area contributed by atoms with E-state index in [0.717, 1.165) is 63.0 Å². The minimum atomic E-state index is 0.116. The van der Waals surface area contributed by atoms with Crippen LogP contribution >= 0.6 is 0 Å². The lowest BCUT2D eigenvalue weighted by molar-refractivity contribution is -0.136. The molecule has 0 bridgehead atoms. The predicted octanol–water partition coefficient (Wildman–Crippen LogP) is 1.65. The van der Waals surface area contributed by atoms with Gasteiger partial charge in [0.15, 0.2) is 5.89 Å². The van der Waals surface area contributed by atoms with Crippen LogP contribution < -0.4 is 0 Å². The molecule has 3 rings (SSSR count). The van der Waals surface area contributed by atoms with E-state index in [-0.39, 0.29) is 17.7 Å². The molecule has 1 atom stereocenters. The Morgan fingerprint density at radius 1 is 1.43 bits per heavy atom. The minimum Gasteiger partial charge on any atom is -0.445 e. The van der Waals surface area contributed by atoms with Gasteiger partial charge in [-0.1, -0.05) is 13.8 Å². The SMILES string of the molecule is COCCN1CCC(C(=O)N2CCc3oc(C(C)C)nc3C2)C1. The summed E-state index contributed by atoms with van der Waals surface area (Å²) < 4.78 is 10.9. The Morgan fingerprint density at radius 3 is 3.00 bits per heavy atom. The van der Waals surface area contributed by atoms with Gasteiger partial charge in [-0.05, 0) is 13.0 Å². The summed E-state index contributed by atoms with van der Waals surface area (Å²) in [5.74, 6) is 2.42. The maximum absolute atomic E-state index is 12.8. The summed E-state index contributed by atoms with van der Waals surface area (Å²) in [5.41, 5.74) is 0.947. The molecule has 0 N–H and O–H groups in total. The van der Waals surface area contributed by atoms with E-state index in [2.05, 4.69) is 23.7 Å². The molecule has 1 amide bonds. The van der Waals surface area contributed by atoms with Crippen LogP contribution in [0.15, 0.2) is 4.42 Å². The summed E-state index contributed by atoms with van der Waals surface area (Å²) in [4.78, 5) is 21.6. The van der Waals surface area contributed by atoms with Crippen molar-refractivity contribution in [2.75, 3.05) is 39.9 Å². The first-order valence-electron chi connectivity index (χ1n) is 8.57. The van der Waals surface area contributed by atoms with E-state index in [1.807, 2.05) is 4.90 Å². The van der Waals surface area contributed by atoms with Crippen molar-refractivity contribution >= 4 is 5.91 Å². The van der Waals surface area contributed by atoms with Crippen LogP contribution in [0.5, 0.6) is 0 Å². The lowest BCUT2D eigenvalue weighted by Crippen LogP contribution is -2.40. The third-order valence-corrected chi connectivity index (χ3v) is 4.78. The van der Waals surface area contributed by atoms with Crippen LogP contribution in [-0.4, -0.2) is 60.6 Å². The van der Waals surface area contributed by atoms with Gasteiger partial charge in [-0.25, -0.2) is 4.98 Å². The number of hydrogen-bond donors (Lipinski definition) is 0. The zero-order valence-electron chi connectivity index (χ0n) is 14.4. The number of aromatic nitrogens is 1. The van der Waals surface area contributed by atoms with Gasteiger partial charge in [-0.15, -0.1) is 0 Å². The molecule has 0 aromatic carbocycles. The molecule has 3 heterocycles. The van der Waals surface area contributed by atoms with Crippen molar-refractivity contribution in [2.45, 2.75) is 39.2 Å². The maximum Gasteiger partial charge on any atom is 0.227 e. The van der Waals surface area contributed by atoms with Gasteiger partial charge in [0.1, 0.15) is 11.5 Å². The summed E-state index contributed by atoms with van der Waals surface area (Å²) in [5, 5.41) is 0. The fourth-order valence-electron chi connectivity index (χ4n) is 3.37. The predicted molar refractivity (Wildman–Crippen MR) is 86.1 cm³/mol. The molecule has 6 nitrogen and oxygen atoms in total. The van der Waals surface area contributed by atoms with E-state index in [4.69, 9.17) is 9.15 Å². The molecule has 2 aliphatic rings. The highest BCUT2D eigenvalue weighted by Gasteiger charge is 2.34. The highest BCUT2D eigenvalue weighted by atomic mass is 16.5. The van der Waals surface area contributed by atoms with Crippen LogP contribution in [0.3, 0.4) is 0 Å². The van der Waals surface area contributed by atoms with Gasteiger partial charge in [0.05, 0.1) is 19.1 Å². The monoisotopic (exact) mass is 321 g/mol. The number of likely N-dealkylation sites (tertiary alicyclic amines) is 1. The van der Waals surface area contributed by atoms with E-state index in [9.17, 15) is 4.79 Å². The van der Waals surface area contributed by atoms with E-state index >= 15 is 0 Å². The van der Waals surface area contributed by atoms with Crippen LogP contribution in [0.2, 0.25) is 0 Å². The fraction of sp³-hybridized carbons (Fsp3) is 0.765. The third kappa shape index (κ3) is 3.58. The molecule has 1 aromatic rings.